The molecule has 0 fully saturated rings. The molecule has 0 radical (unpaired) electrons. The fraction of sp³-hybridized carbons (Fsp3) is 0.0556. The van der Waals surface area contributed by atoms with E-state index in [9.17, 15) is 4.39 Å². The highest BCUT2D eigenvalue weighted by Gasteiger charge is 2.10. The molecule has 4 rings (SSSR count). The molecule has 0 aliphatic rings. The van der Waals surface area contributed by atoms with Crippen LogP contribution in [-0.2, 0) is 6.54 Å². The average molecular weight is 319 g/mol. The number of rotatable bonds is 4. The highest BCUT2D eigenvalue weighted by Crippen LogP contribution is 2.25. The first-order valence-corrected chi connectivity index (χ1v) is 7.54. The summed E-state index contributed by atoms with van der Waals surface area (Å²) < 4.78 is 14.9. The number of aromatic nitrogens is 4. The normalized spacial score (nSPS) is 10.9. The molecule has 0 saturated carbocycles. The van der Waals surface area contributed by atoms with Crippen molar-refractivity contribution in [1.29, 1.82) is 0 Å². The van der Waals surface area contributed by atoms with Crippen LogP contribution in [0.2, 0.25) is 0 Å². The summed E-state index contributed by atoms with van der Waals surface area (Å²) in [6.07, 6.45) is 5.23. The topological polar surface area (TPSA) is 55.1 Å². The minimum Gasteiger partial charge on any atom is -0.364 e. The van der Waals surface area contributed by atoms with E-state index in [-0.39, 0.29) is 5.82 Å². The molecule has 0 atom stereocenters. The fourth-order valence-corrected chi connectivity index (χ4v) is 2.54. The van der Waals surface area contributed by atoms with Crippen molar-refractivity contribution in [1.82, 2.24) is 19.6 Å². The van der Waals surface area contributed by atoms with Crippen molar-refractivity contribution in [3.8, 4) is 11.1 Å². The molecular formula is C18H14FN5. The van der Waals surface area contributed by atoms with Gasteiger partial charge in [0.05, 0.1) is 18.4 Å². The van der Waals surface area contributed by atoms with Gasteiger partial charge in [-0.2, -0.15) is 9.61 Å². The van der Waals surface area contributed by atoms with E-state index in [2.05, 4.69) is 20.4 Å². The maximum absolute atomic E-state index is 13.1. The van der Waals surface area contributed by atoms with Crippen LogP contribution >= 0.6 is 0 Å². The number of fused-ring (bicyclic) bond motifs is 1. The first-order valence-electron chi connectivity index (χ1n) is 7.54. The Hall–Kier alpha value is -3.28. The van der Waals surface area contributed by atoms with Crippen LogP contribution in [0.4, 0.5) is 10.2 Å². The largest absolute Gasteiger partial charge is 0.364 e. The van der Waals surface area contributed by atoms with E-state index in [1.807, 2.05) is 24.3 Å². The predicted octanol–water partition coefficient (Wildman–Crippen LogP) is 3.54. The van der Waals surface area contributed by atoms with Crippen LogP contribution in [0.1, 0.15) is 5.69 Å². The van der Waals surface area contributed by atoms with Crippen molar-refractivity contribution < 1.29 is 4.39 Å². The second kappa shape index (κ2) is 6.08. The van der Waals surface area contributed by atoms with E-state index in [1.54, 1.807) is 35.2 Å². The molecule has 0 aliphatic heterocycles. The molecule has 0 saturated heterocycles. The highest BCUT2D eigenvalue weighted by molar-refractivity contribution is 5.77. The van der Waals surface area contributed by atoms with Crippen molar-refractivity contribution in [2.75, 3.05) is 5.32 Å². The summed E-state index contributed by atoms with van der Waals surface area (Å²) in [6, 6.07) is 14.0. The number of benzene rings is 1. The Kier molecular flexibility index (Phi) is 3.63. The molecular weight excluding hydrogens is 305 g/mol. The molecule has 24 heavy (non-hydrogen) atoms. The Balaban J connectivity index is 1.67. The average Bonchev–Trinajstić information content (AvgIpc) is 3.06. The van der Waals surface area contributed by atoms with Gasteiger partial charge < -0.3 is 5.32 Å². The third-order valence-corrected chi connectivity index (χ3v) is 3.73. The number of anilines is 1. The van der Waals surface area contributed by atoms with Crippen molar-refractivity contribution in [2.24, 2.45) is 0 Å². The van der Waals surface area contributed by atoms with Crippen LogP contribution < -0.4 is 5.32 Å². The summed E-state index contributed by atoms with van der Waals surface area (Å²) in [5, 5.41) is 7.72. The molecule has 5 nitrogen and oxygen atoms in total. The first-order chi connectivity index (χ1) is 11.8. The van der Waals surface area contributed by atoms with Crippen LogP contribution in [0, 0.1) is 5.82 Å². The van der Waals surface area contributed by atoms with E-state index in [0.29, 0.717) is 12.2 Å². The van der Waals surface area contributed by atoms with Crippen LogP contribution in [-0.4, -0.2) is 19.6 Å². The summed E-state index contributed by atoms with van der Waals surface area (Å²) in [5.41, 5.74) is 3.39. The van der Waals surface area contributed by atoms with Gasteiger partial charge in [-0.3, -0.25) is 4.98 Å². The predicted molar refractivity (Wildman–Crippen MR) is 89.9 cm³/mol. The van der Waals surface area contributed by atoms with Gasteiger partial charge in [0.15, 0.2) is 5.65 Å². The Labute approximate surface area is 137 Å². The smallest absolute Gasteiger partial charge is 0.165 e. The second-order valence-corrected chi connectivity index (χ2v) is 5.31. The Morgan fingerprint density at radius 3 is 2.62 bits per heavy atom. The van der Waals surface area contributed by atoms with E-state index in [1.165, 1.54) is 12.1 Å². The van der Waals surface area contributed by atoms with Crippen LogP contribution in [0.3, 0.4) is 0 Å². The quantitative estimate of drug-likeness (QED) is 0.625. The standard InChI is InChI=1S/C18H14FN5/c19-14-6-4-13(5-7-14)16-12-23-24-17(8-10-21-18(16)24)22-11-15-3-1-2-9-20-15/h1-10,12,22H,11H2. The summed E-state index contributed by atoms with van der Waals surface area (Å²) >= 11 is 0. The first kappa shape index (κ1) is 14.3. The van der Waals surface area contributed by atoms with Gasteiger partial charge in [-0.1, -0.05) is 18.2 Å². The number of hydrogen-bond acceptors (Lipinski definition) is 4. The lowest BCUT2D eigenvalue weighted by atomic mass is 10.1. The van der Waals surface area contributed by atoms with Gasteiger partial charge in [-0.15, -0.1) is 0 Å². The van der Waals surface area contributed by atoms with Crippen molar-refractivity contribution >= 4 is 11.5 Å². The molecule has 0 unspecified atom stereocenters. The van der Waals surface area contributed by atoms with Gasteiger partial charge in [0.2, 0.25) is 0 Å². The van der Waals surface area contributed by atoms with Gasteiger partial charge in [-0.05, 0) is 35.9 Å². The number of hydrogen-bond donors (Lipinski definition) is 1. The molecule has 6 heteroatoms. The molecule has 118 valence electrons. The Morgan fingerprint density at radius 1 is 0.958 bits per heavy atom. The van der Waals surface area contributed by atoms with E-state index < -0.39 is 0 Å². The van der Waals surface area contributed by atoms with Crippen molar-refractivity contribution in [2.45, 2.75) is 6.54 Å². The van der Waals surface area contributed by atoms with Crippen LogP contribution in [0.25, 0.3) is 16.8 Å². The molecule has 0 amide bonds. The maximum Gasteiger partial charge on any atom is 0.165 e. The van der Waals surface area contributed by atoms with Gasteiger partial charge in [-0.25, -0.2) is 9.37 Å². The molecule has 1 N–H and O–H groups in total. The Bertz CT molecular complexity index is 964. The van der Waals surface area contributed by atoms with E-state index >= 15 is 0 Å². The third-order valence-electron chi connectivity index (χ3n) is 3.73. The molecule has 0 spiro atoms. The van der Waals surface area contributed by atoms with Gasteiger partial charge in [0, 0.05) is 18.0 Å². The number of halogens is 1. The third kappa shape index (κ3) is 2.69. The minimum absolute atomic E-state index is 0.263. The molecule has 0 bridgehead atoms. The van der Waals surface area contributed by atoms with Crippen molar-refractivity contribution in [3.63, 3.8) is 0 Å². The number of pyridine rings is 1. The molecule has 1 aromatic carbocycles. The lowest BCUT2D eigenvalue weighted by molar-refractivity contribution is 0.628. The second-order valence-electron chi connectivity index (χ2n) is 5.31. The fourth-order valence-electron chi connectivity index (χ4n) is 2.54. The van der Waals surface area contributed by atoms with Crippen LogP contribution in [0.5, 0.6) is 0 Å². The zero-order valence-electron chi connectivity index (χ0n) is 12.7. The van der Waals surface area contributed by atoms with E-state index in [4.69, 9.17) is 0 Å². The molecule has 0 aliphatic carbocycles. The SMILES string of the molecule is Fc1ccc(-c2cnn3c(NCc4ccccn4)ccnc23)cc1. The van der Waals surface area contributed by atoms with Crippen molar-refractivity contribution in [3.05, 3.63) is 78.6 Å². The van der Waals surface area contributed by atoms with Gasteiger partial charge in [0.25, 0.3) is 0 Å². The lowest BCUT2D eigenvalue weighted by Crippen LogP contribution is -2.06. The molecule has 3 aromatic heterocycles. The molecule has 4 aromatic rings. The number of nitrogens with one attached hydrogen (secondary N) is 1. The Morgan fingerprint density at radius 2 is 1.83 bits per heavy atom. The van der Waals surface area contributed by atoms with Gasteiger partial charge in [0.1, 0.15) is 11.6 Å². The number of nitrogens with zero attached hydrogens (tertiary/aromatic N) is 4. The zero-order valence-corrected chi connectivity index (χ0v) is 12.7. The highest BCUT2D eigenvalue weighted by atomic mass is 19.1. The maximum atomic E-state index is 13.1. The monoisotopic (exact) mass is 319 g/mol. The molecule has 3 heterocycles. The summed E-state index contributed by atoms with van der Waals surface area (Å²) in [5.74, 6) is 0.555. The lowest BCUT2D eigenvalue weighted by Gasteiger charge is -2.08. The zero-order chi connectivity index (χ0) is 16.4. The summed E-state index contributed by atoms with van der Waals surface area (Å²) in [6.45, 7) is 0.589. The minimum atomic E-state index is -0.263. The summed E-state index contributed by atoms with van der Waals surface area (Å²) in [7, 11) is 0. The van der Waals surface area contributed by atoms with Gasteiger partial charge >= 0.3 is 0 Å². The summed E-state index contributed by atoms with van der Waals surface area (Å²) in [4.78, 5) is 8.70. The van der Waals surface area contributed by atoms with E-state index in [0.717, 1.165) is 22.6 Å². The van der Waals surface area contributed by atoms with Crippen LogP contribution in [0.15, 0.2) is 67.1 Å².